The molecule has 11 heavy (non-hydrogen) atoms. The van der Waals surface area contributed by atoms with Crippen molar-refractivity contribution in [3.8, 4) is 0 Å². The summed E-state index contributed by atoms with van der Waals surface area (Å²) in [5, 5.41) is 0. The van der Waals surface area contributed by atoms with Crippen molar-refractivity contribution in [1.29, 1.82) is 0 Å². The highest BCUT2D eigenvalue weighted by molar-refractivity contribution is 5.72. The van der Waals surface area contributed by atoms with Crippen molar-refractivity contribution >= 4 is 5.97 Å². The van der Waals surface area contributed by atoms with E-state index in [9.17, 15) is 13.6 Å². The maximum atomic E-state index is 11.5. The standard InChI is InChI=1S/C6H8F2O3/c7-5(8)6(9)11-3-4-1-2-10-4/h4-5H,1-3H2. The number of rotatable bonds is 3. The number of carbonyl (C=O) groups excluding carboxylic acids is 1. The zero-order valence-corrected chi connectivity index (χ0v) is 5.76. The first-order chi connectivity index (χ1) is 5.20. The van der Waals surface area contributed by atoms with Crippen LogP contribution in [-0.4, -0.2) is 31.7 Å². The summed E-state index contributed by atoms with van der Waals surface area (Å²) >= 11 is 0. The van der Waals surface area contributed by atoms with Gasteiger partial charge in [0.25, 0.3) is 0 Å². The fraction of sp³-hybridized carbons (Fsp3) is 0.833. The van der Waals surface area contributed by atoms with E-state index in [1.165, 1.54) is 0 Å². The molecule has 5 heteroatoms. The molecular weight excluding hydrogens is 158 g/mol. The molecule has 64 valence electrons. The Morgan fingerprint density at radius 1 is 1.73 bits per heavy atom. The second-order valence-electron chi connectivity index (χ2n) is 2.21. The summed E-state index contributed by atoms with van der Waals surface area (Å²) in [6.07, 6.45) is -2.43. The van der Waals surface area contributed by atoms with Gasteiger partial charge in [-0.1, -0.05) is 0 Å². The van der Waals surface area contributed by atoms with Gasteiger partial charge in [0.05, 0.1) is 6.10 Å². The van der Waals surface area contributed by atoms with E-state index in [-0.39, 0.29) is 12.7 Å². The van der Waals surface area contributed by atoms with Crippen LogP contribution in [0.5, 0.6) is 0 Å². The summed E-state index contributed by atoms with van der Waals surface area (Å²) in [5.74, 6) is -1.47. The van der Waals surface area contributed by atoms with Gasteiger partial charge in [-0.3, -0.25) is 0 Å². The van der Waals surface area contributed by atoms with E-state index in [2.05, 4.69) is 4.74 Å². The highest BCUT2D eigenvalue weighted by Gasteiger charge is 2.23. The van der Waals surface area contributed by atoms with Crippen molar-refractivity contribution in [1.82, 2.24) is 0 Å². The number of esters is 1. The summed E-state index contributed by atoms with van der Waals surface area (Å²) in [4.78, 5) is 10.2. The predicted molar refractivity (Wildman–Crippen MR) is 31.3 cm³/mol. The van der Waals surface area contributed by atoms with E-state index in [0.29, 0.717) is 6.61 Å². The second-order valence-corrected chi connectivity index (χ2v) is 2.21. The van der Waals surface area contributed by atoms with Crippen LogP contribution in [0.2, 0.25) is 0 Å². The predicted octanol–water partition coefficient (Wildman–Crippen LogP) is 0.584. The van der Waals surface area contributed by atoms with Gasteiger partial charge in [-0.15, -0.1) is 0 Å². The summed E-state index contributed by atoms with van der Waals surface area (Å²) in [6.45, 7) is 0.570. The van der Waals surface area contributed by atoms with E-state index in [1.54, 1.807) is 0 Å². The van der Waals surface area contributed by atoms with Gasteiger partial charge in [0, 0.05) is 13.0 Å². The molecule has 3 nitrogen and oxygen atoms in total. The minimum absolute atomic E-state index is 0.0524. The Hall–Kier alpha value is -0.710. The normalized spacial score (nSPS) is 23.0. The monoisotopic (exact) mass is 166 g/mol. The Bertz CT molecular complexity index is 145. The smallest absolute Gasteiger partial charge is 0.373 e. The van der Waals surface area contributed by atoms with Gasteiger partial charge in [0.15, 0.2) is 0 Å². The van der Waals surface area contributed by atoms with Crippen molar-refractivity contribution < 1.29 is 23.0 Å². The highest BCUT2D eigenvalue weighted by Crippen LogP contribution is 2.11. The van der Waals surface area contributed by atoms with Crippen molar-refractivity contribution in [3.63, 3.8) is 0 Å². The Morgan fingerprint density at radius 2 is 2.36 bits per heavy atom. The van der Waals surface area contributed by atoms with Crippen molar-refractivity contribution in [2.45, 2.75) is 19.0 Å². The number of ether oxygens (including phenoxy) is 2. The van der Waals surface area contributed by atoms with Crippen LogP contribution in [0.3, 0.4) is 0 Å². The summed E-state index contributed by atoms with van der Waals surface area (Å²) in [7, 11) is 0. The van der Waals surface area contributed by atoms with Crippen LogP contribution in [0.25, 0.3) is 0 Å². The average Bonchev–Trinajstić information content (AvgIpc) is 1.83. The molecule has 0 amide bonds. The lowest BCUT2D eigenvalue weighted by Crippen LogP contribution is -2.33. The molecule has 0 aliphatic carbocycles. The average molecular weight is 166 g/mol. The molecule has 1 fully saturated rings. The number of hydrogen-bond donors (Lipinski definition) is 0. The van der Waals surface area contributed by atoms with E-state index >= 15 is 0 Å². The molecule has 1 aliphatic heterocycles. The first-order valence-corrected chi connectivity index (χ1v) is 3.26. The lowest BCUT2D eigenvalue weighted by molar-refractivity contribution is -0.166. The Kier molecular flexibility index (Phi) is 2.76. The molecule has 1 unspecified atom stereocenters. The maximum Gasteiger partial charge on any atom is 0.373 e. The third kappa shape index (κ3) is 2.42. The molecule has 1 heterocycles. The van der Waals surface area contributed by atoms with Crippen molar-refractivity contribution in [3.05, 3.63) is 0 Å². The lowest BCUT2D eigenvalue weighted by Gasteiger charge is -2.25. The van der Waals surface area contributed by atoms with Crippen LogP contribution in [0.1, 0.15) is 6.42 Å². The zero-order chi connectivity index (χ0) is 8.27. The largest absolute Gasteiger partial charge is 0.459 e. The summed E-state index contributed by atoms with van der Waals surface area (Å²) in [6, 6.07) is 0. The maximum absolute atomic E-state index is 11.5. The topological polar surface area (TPSA) is 35.5 Å². The van der Waals surface area contributed by atoms with Gasteiger partial charge in [-0.2, -0.15) is 8.78 Å². The number of alkyl halides is 2. The van der Waals surface area contributed by atoms with E-state index in [4.69, 9.17) is 4.74 Å². The SMILES string of the molecule is O=C(OCC1CCO1)C(F)F. The quantitative estimate of drug-likeness (QED) is 0.575. The van der Waals surface area contributed by atoms with Crippen LogP contribution in [0, 0.1) is 0 Å². The summed E-state index contributed by atoms with van der Waals surface area (Å²) < 4.78 is 32.0. The molecule has 0 aromatic heterocycles. The third-order valence-corrected chi connectivity index (χ3v) is 1.38. The van der Waals surface area contributed by atoms with Crippen LogP contribution < -0.4 is 0 Å². The fourth-order valence-corrected chi connectivity index (χ4v) is 0.654. The molecule has 1 saturated heterocycles. The highest BCUT2D eigenvalue weighted by atomic mass is 19.3. The fourth-order valence-electron chi connectivity index (χ4n) is 0.654. The summed E-state index contributed by atoms with van der Waals surface area (Å²) in [5.41, 5.74) is 0. The Balaban J connectivity index is 2.06. The first-order valence-electron chi connectivity index (χ1n) is 3.26. The Labute approximate surface area is 62.3 Å². The zero-order valence-electron chi connectivity index (χ0n) is 5.76. The minimum Gasteiger partial charge on any atom is -0.459 e. The number of halogens is 2. The molecule has 0 aromatic carbocycles. The van der Waals surface area contributed by atoms with Crippen LogP contribution >= 0.6 is 0 Å². The second kappa shape index (κ2) is 3.61. The van der Waals surface area contributed by atoms with Gasteiger partial charge in [-0.05, 0) is 0 Å². The third-order valence-electron chi connectivity index (χ3n) is 1.38. The first kappa shape index (κ1) is 8.39. The van der Waals surface area contributed by atoms with E-state index < -0.39 is 12.4 Å². The Morgan fingerprint density at radius 3 is 2.73 bits per heavy atom. The van der Waals surface area contributed by atoms with Gasteiger partial charge >= 0.3 is 12.4 Å². The van der Waals surface area contributed by atoms with Crippen LogP contribution in [0.4, 0.5) is 8.78 Å². The lowest BCUT2D eigenvalue weighted by atomic mass is 10.2. The molecule has 0 spiro atoms. The molecule has 0 saturated carbocycles. The number of carbonyl (C=O) groups is 1. The molecule has 1 atom stereocenters. The molecule has 0 N–H and O–H groups in total. The van der Waals surface area contributed by atoms with Crippen molar-refractivity contribution in [2.24, 2.45) is 0 Å². The van der Waals surface area contributed by atoms with E-state index in [1.807, 2.05) is 0 Å². The molecule has 0 aromatic rings. The molecule has 1 rings (SSSR count). The number of hydrogen-bond acceptors (Lipinski definition) is 3. The molecular formula is C6H8F2O3. The van der Waals surface area contributed by atoms with Crippen LogP contribution in [0.15, 0.2) is 0 Å². The van der Waals surface area contributed by atoms with Gasteiger partial charge in [0.2, 0.25) is 0 Å². The van der Waals surface area contributed by atoms with Crippen molar-refractivity contribution in [2.75, 3.05) is 13.2 Å². The molecule has 0 radical (unpaired) electrons. The van der Waals surface area contributed by atoms with Gasteiger partial charge in [0.1, 0.15) is 6.61 Å². The van der Waals surface area contributed by atoms with E-state index in [0.717, 1.165) is 6.42 Å². The van der Waals surface area contributed by atoms with Gasteiger partial charge < -0.3 is 9.47 Å². The molecule has 1 aliphatic rings. The molecule has 0 bridgehead atoms. The minimum atomic E-state index is -3.03. The van der Waals surface area contributed by atoms with Crippen LogP contribution in [-0.2, 0) is 14.3 Å². The van der Waals surface area contributed by atoms with Gasteiger partial charge in [-0.25, -0.2) is 4.79 Å².